The van der Waals surface area contributed by atoms with E-state index in [1.54, 1.807) is 4.80 Å². The molecule has 0 unspecified atom stereocenters. The third kappa shape index (κ3) is 4.29. The van der Waals surface area contributed by atoms with E-state index in [1.165, 1.54) is 12.8 Å². The molecule has 2 aliphatic rings. The first-order valence-electron chi connectivity index (χ1n) is 8.65. The van der Waals surface area contributed by atoms with Gasteiger partial charge in [0.2, 0.25) is 0 Å². The van der Waals surface area contributed by atoms with Crippen LogP contribution in [0.2, 0.25) is 0 Å². The van der Waals surface area contributed by atoms with Gasteiger partial charge in [0.05, 0.1) is 24.5 Å². The van der Waals surface area contributed by atoms with Crippen molar-refractivity contribution in [3.63, 3.8) is 0 Å². The van der Waals surface area contributed by atoms with Gasteiger partial charge in [-0.05, 0) is 45.4 Å². The Kier molecular flexibility index (Phi) is 4.96. The number of nitrogens with one attached hydrogen (secondary N) is 1. The van der Waals surface area contributed by atoms with Crippen LogP contribution in [-0.4, -0.2) is 56.1 Å². The zero-order valence-corrected chi connectivity index (χ0v) is 14.0. The highest BCUT2D eigenvalue weighted by atomic mass is 16.4. The summed E-state index contributed by atoms with van der Waals surface area (Å²) in [6, 6.07) is 0.873. The smallest absolute Gasteiger partial charge is 0.317 e. The van der Waals surface area contributed by atoms with Gasteiger partial charge in [0, 0.05) is 25.2 Å². The molecule has 2 fully saturated rings. The summed E-state index contributed by atoms with van der Waals surface area (Å²) in [4.78, 5) is 14.9. The van der Waals surface area contributed by atoms with Gasteiger partial charge in [0.1, 0.15) is 0 Å². The Bertz CT molecular complexity index is 549. The first-order chi connectivity index (χ1) is 11.0. The van der Waals surface area contributed by atoms with E-state index in [9.17, 15) is 4.79 Å². The molecule has 0 spiro atoms. The Morgan fingerprint density at radius 1 is 1.39 bits per heavy atom. The van der Waals surface area contributed by atoms with Crippen molar-refractivity contribution in [2.45, 2.75) is 64.7 Å². The third-order valence-corrected chi connectivity index (χ3v) is 4.92. The lowest BCUT2D eigenvalue weighted by molar-refractivity contribution is -0.139. The van der Waals surface area contributed by atoms with Crippen LogP contribution < -0.4 is 5.32 Å². The Balaban J connectivity index is 1.43. The molecule has 1 aromatic rings. The number of hydrogen-bond acceptors (Lipinski definition) is 5. The molecule has 1 heterocycles. The summed E-state index contributed by atoms with van der Waals surface area (Å²) >= 11 is 0. The zero-order valence-electron chi connectivity index (χ0n) is 14.0. The van der Waals surface area contributed by atoms with Crippen LogP contribution in [0.25, 0.3) is 0 Å². The van der Waals surface area contributed by atoms with Crippen LogP contribution in [0.1, 0.15) is 44.0 Å². The number of carbonyl (C=O) groups is 1. The normalized spacial score (nSPS) is 24.0. The van der Waals surface area contributed by atoms with E-state index >= 15 is 0 Å². The van der Waals surface area contributed by atoms with E-state index in [-0.39, 0.29) is 6.54 Å². The molecule has 0 aliphatic heterocycles. The highest BCUT2D eigenvalue weighted by Gasteiger charge is 2.36. The topological polar surface area (TPSA) is 83.3 Å². The fraction of sp³-hybridized carbons (Fsp3) is 0.812. The lowest BCUT2D eigenvalue weighted by atomic mass is 9.85. The summed E-state index contributed by atoms with van der Waals surface area (Å²) in [5.41, 5.74) is 1.99. The maximum absolute atomic E-state index is 11.0. The Hall–Kier alpha value is -1.47. The average molecular weight is 321 g/mol. The van der Waals surface area contributed by atoms with Crippen LogP contribution in [0.4, 0.5) is 0 Å². The quantitative estimate of drug-likeness (QED) is 0.707. The number of aromatic nitrogens is 3. The molecule has 7 nitrogen and oxygen atoms in total. The summed E-state index contributed by atoms with van der Waals surface area (Å²) in [5.74, 6) is 0.0157. The van der Waals surface area contributed by atoms with Gasteiger partial charge < -0.3 is 10.4 Å². The molecule has 3 rings (SSSR count). The van der Waals surface area contributed by atoms with Gasteiger partial charge in [-0.15, -0.1) is 0 Å². The SMILES string of the molecule is CCn1nc(C)c(CNC2CC(N(CC(=O)O)CC3CC3)C2)n1. The second-order valence-corrected chi connectivity index (χ2v) is 6.89. The molecule has 0 bridgehead atoms. The lowest BCUT2D eigenvalue weighted by Crippen LogP contribution is -2.54. The highest BCUT2D eigenvalue weighted by molar-refractivity contribution is 5.69. The van der Waals surface area contributed by atoms with Gasteiger partial charge in [0.15, 0.2) is 0 Å². The van der Waals surface area contributed by atoms with Crippen molar-refractivity contribution in [2.24, 2.45) is 5.92 Å². The molecule has 2 aliphatic carbocycles. The van der Waals surface area contributed by atoms with Gasteiger partial charge >= 0.3 is 5.97 Å². The summed E-state index contributed by atoms with van der Waals surface area (Å²) in [6.45, 7) is 6.68. The van der Waals surface area contributed by atoms with Crippen LogP contribution in [0.15, 0.2) is 0 Å². The van der Waals surface area contributed by atoms with E-state index in [0.29, 0.717) is 12.1 Å². The van der Waals surface area contributed by atoms with Gasteiger partial charge in [-0.2, -0.15) is 15.0 Å². The molecular formula is C16H27N5O2. The van der Waals surface area contributed by atoms with Gasteiger partial charge in [-0.1, -0.05) is 0 Å². The van der Waals surface area contributed by atoms with Crippen molar-refractivity contribution >= 4 is 5.97 Å². The molecular weight excluding hydrogens is 294 g/mol. The minimum atomic E-state index is -0.714. The van der Waals surface area contributed by atoms with Crippen molar-refractivity contribution in [3.8, 4) is 0 Å². The summed E-state index contributed by atoms with van der Waals surface area (Å²) in [5, 5.41) is 21.4. The van der Waals surface area contributed by atoms with Crippen molar-refractivity contribution in [1.29, 1.82) is 0 Å². The minimum absolute atomic E-state index is 0.178. The number of nitrogens with zero attached hydrogens (tertiary/aromatic N) is 4. The fourth-order valence-electron chi connectivity index (χ4n) is 3.21. The molecule has 128 valence electrons. The Labute approximate surface area is 137 Å². The molecule has 0 radical (unpaired) electrons. The summed E-state index contributed by atoms with van der Waals surface area (Å²) in [6.07, 6.45) is 4.58. The van der Waals surface area contributed by atoms with E-state index in [0.717, 1.165) is 49.8 Å². The first-order valence-corrected chi connectivity index (χ1v) is 8.65. The van der Waals surface area contributed by atoms with E-state index in [4.69, 9.17) is 5.11 Å². The zero-order chi connectivity index (χ0) is 16.4. The number of hydrogen-bond donors (Lipinski definition) is 2. The Morgan fingerprint density at radius 2 is 2.13 bits per heavy atom. The first kappa shape index (κ1) is 16.4. The standard InChI is InChI=1S/C16H27N5O2/c1-3-21-18-11(2)15(19-21)8-17-13-6-14(7-13)20(10-16(22)23)9-12-4-5-12/h12-14,17H,3-10H2,1-2H3,(H,22,23). The molecule has 2 saturated carbocycles. The number of rotatable bonds is 9. The van der Waals surface area contributed by atoms with Crippen molar-refractivity contribution in [3.05, 3.63) is 11.4 Å². The molecule has 2 N–H and O–H groups in total. The van der Waals surface area contributed by atoms with E-state index in [2.05, 4.69) is 20.4 Å². The van der Waals surface area contributed by atoms with Crippen LogP contribution >= 0.6 is 0 Å². The van der Waals surface area contributed by atoms with Crippen LogP contribution in [0.3, 0.4) is 0 Å². The van der Waals surface area contributed by atoms with E-state index < -0.39 is 5.97 Å². The number of aliphatic carboxylic acids is 1. The monoisotopic (exact) mass is 321 g/mol. The van der Waals surface area contributed by atoms with Gasteiger partial charge in [-0.25, -0.2) is 0 Å². The maximum atomic E-state index is 11.0. The predicted molar refractivity (Wildman–Crippen MR) is 86.0 cm³/mol. The maximum Gasteiger partial charge on any atom is 0.317 e. The molecule has 7 heteroatoms. The third-order valence-electron chi connectivity index (χ3n) is 4.92. The molecule has 0 saturated heterocycles. The number of carboxylic acids is 1. The predicted octanol–water partition coefficient (Wildman–Crippen LogP) is 1.02. The molecule has 23 heavy (non-hydrogen) atoms. The summed E-state index contributed by atoms with van der Waals surface area (Å²) < 4.78 is 0. The average Bonchev–Trinajstić information content (AvgIpc) is 3.18. The number of carboxylic acid groups (broad SMARTS) is 1. The fourth-order valence-corrected chi connectivity index (χ4v) is 3.21. The van der Waals surface area contributed by atoms with E-state index in [1.807, 2.05) is 13.8 Å². The van der Waals surface area contributed by atoms with Crippen molar-refractivity contribution in [2.75, 3.05) is 13.1 Å². The van der Waals surface area contributed by atoms with Gasteiger partial charge in [0.25, 0.3) is 0 Å². The van der Waals surface area contributed by atoms with Crippen LogP contribution in [-0.2, 0) is 17.9 Å². The van der Waals surface area contributed by atoms with Crippen LogP contribution in [0, 0.1) is 12.8 Å². The second kappa shape index (κ2) is 6.97. The van der Waals surface area contributed by atoms with Crippen molar-refractivity contribution in [1.82, 2.24) is 25.2 Å². The largest absolute Gasteiger partial charge is 0.480 e. The molecule has 0 atom stereocenters. The highest BCUT2D eigenvalue weighted by Crippen LogP contribution is 2.33. The van der Waals surface area contributed by atoms with Crippen molar-refractivity contribution < 1.29 is 9.90 Å². The van der Waals surface area contributed by atoms with Crippen LogP contribution in [0.5, 0.6) is 0 Å². The Morgan fingerprint density at radius 3 is 2.70 bits per heavy atom. The van der Waals surface area contributed by atoms with Gasteiger partial charge in [-0.3, -0.25) is 9.69 Å². The number of aryl methyl sites for hydroxylation is 2. The molecule has 0 aromatic carbocycles. The second-order valence-electron chi connectivity index (χ2n) is 6.89. The lowest BCUT2D eigenvalue weighted by Gasteiger charge is -2.43. The summed E-state index contributed by atoms with van der Waals surface area (Å²) in [7, 11) is 0. The molecule has 0 amide bonds. The molecule has 1 aromatic heterocycles. The minimum Gasteiger partial charge on any atom is -0.480 e.